The van der Waals surface area contributed by atoms with Gasteiger partial charge in [0.15, 0.2) is 6.61 Å². The van der Waals surface area contributed by atoms with E-state index in [-0.39, 0.29) is 25.0 Å². The smallest absolute Gasteiger partial charge is 0.261 e. The second-order valence-electron chi connectivity index (χ2n) is 9.14. The van der Waals surface area contributed by atoms with Crippen molar-refractivity contribution in [3.8, 4) is 17.2 Å². The molecule has 38 heavy (non-hydrogen) atoms. The lowest BCUT2D eigenvalue weighted by atomic mass is 10.0. The normalized spacial score (nSPS) is 11.4. The minimum atomic E-state index is -0.704. The molecule has 1 N–H and O–H groups in total. The van der Waals surface area contributed by atoms with Gasteiger partial charge in [-0.15, -0.1) is 0 Å². The highest BCUT2D eigenvalue weighted by atomic mass is 16.5. The Hall–Kier alpha value is -4.00. The van der Waals surface area contributed by atoms with Crippen LogP contribution < -0.4 is 19.5 Å². The standard InChI is InChI=1S/C31H38N2O5/c1-5-6-16-32-31(35)29(17-24-13-8-7-9-14-24)33(21-25-15-11-10-12-23(25)2)30(34)22-38-28-19-26(36-3)18-27(20-28)37-4/h7-15,18-20,29H,5-6,16-17,21-22H2,1-4H3,(H,32,35). The van der Waals surface area contributed by atoms with Gasteiger partial charge in [0.2, 0.25) is 5.91 Å². The van der Waals surface area contributed by atoms with Crippen LogP contribution in [0.4, 0.5) is 0 Å². The number of benzene rings is 3. The number of aryl methyl sites for hydroxylation is 1. The Balaban J connectivity index is 1.91. The number of carbonyl (C=O) groups is 2. The highest BCUT2D eigenvalue weighted by molar-refractivity contribution is 5.88. The topological polar surface area (TPSA) is 77.1 Å². The number of methoxy groups -OCH3 is 2. The van der Waals surface area contributed by atoms with Crippen LogP contribution in [-0.4, -0.2) is 50.1 Å². The highest BCUT2D eigenvalue weighted by Crippen LogP contribution is 2.27. The van der Waals surface area contributed by atoms with Gasteiger partial charge in [0.1, 0.15) is 23.3 Å². The van der Waals surface area contributed by atoms with Gasteiger partial charge in [0.25, 0.3) is 5.91 Å². The monoisotopic (exact) mass is 518 g/mol. The number of rotatable bonds is 14. The third-order valence-corrected chi connectivity index (χ3v) is 6.39. The van der Waals surface area contributed by atoms with E-state index in [0.717, 1.165) is 29.5 Å². The van der Waals surface area contributed by atoms with Gasteiger partial charge in [-0.2, -0.15) is 0 Å². The second-order valence-corrected chi connectivity index (χ2v) is 9.14. The quantitative estimate of drug-likeness (QED) is 0.306. The average Bonchev–Trinajstić information content (AvgIpc) is 2.94. The number of hydrogen-bond acceptors (Lipinski definition) is 5. The summed E-state index contributed by atoms with van der Waals surface area (Å²) in [6.45, 7) is 4.69. The molecule has 1 atom stereocenters. The van der Waals surface area contributed by atoms with Crippen molar-refractivity contribution < 1.29 is 23.8 Å². The maximum Gasteiger partial charge on any atom is 0.261 e. The molecular weight excluding hydrogens is 480 g/mol. The Labute approximate surface area is 225 Å². The van der Waals surface area contributed by atoms with Crippen LogP contribution in [0.2, 0.25) is 0 Å². The summed E-state index contributed by atoms with van der Waals surface area (Å²) >= 11 is 0. The first-order valence-corrected chi connectivity index (χ1v) is 13.0. The molecule has 7 heteroatoms. The lowest BCUT2D eigenvalue weighted by molar-refractivity contribution is -0.142. The first kappa shape index (κ1) is 28.6. The number of ether oxygens (including phenoxy) is 3. The zero-order valence-corrected chi connectivity index (χ0v) is 22.7. The summed E-state index contributed by atoms with van der Waals surface area (Å²) in [5.41, 5.74) is 3.00. The van der Waals surface area contributed by atoms with E-state index < -0.39 is 6.04 Å². The first-order valence-electron chi connectivity index (χ1n) is 13.0. The zero-order chi connectivity index (χ0) is 27.3. The van der Waals surface area contributed by atoms with E-state index in [4.69, 9.17) is 14.2 Å². The van der Waals surface area contributed by atoms with E-state index in [1.54, 1.807) is 37.3 Å². The third kappa shape index (κ3) is 8.26. The highest BCUT2D eigenvalue weighted by Gasteiger charge is 2.31. The third-order valence-electron chi connectivity index (χ3n) is 6.39. The molecule has 2 amide bonds. The number of nitrogens with one attached hydrogen (secondary N) is 1. The van der Waals surface area contributed by atoms with Gasteiger partial charge in [-0.1, -0.05) is 67.9 Å². The molecule has 3 aromatic carbocycles. The Morgan fingerprint density at radius 2 is 1.53 bits per heavy atom. The summed E-state index contributed by atoms with van der Waals surface area (Å²) in [5, 5.41) is 3.04. The van der Waals surface area contributed by atoms with Crippen LogP contribution in [-0.2, 0) is 22.6 Å². The number of hydrogen-bond donors (Lipinski definition) is 1. The van der Waals surface area contributed by atoms with Crippen molar-refractivity contribution in [2.75, 3.05) is 27.4 Å². The van der Waals surface area contributed by atoms with Gasteiger partial charge in [-0.05, 0) is 30.0 Å². The van der Waals surface area contributed by atoms with E-state index >= 15 is 0 Å². The number of nitrogens with zero attached hydrogens (tertiary/aromatic N) is 1. The molecule has 0 aromatic heterocycles. The van der Waals surface area contributed by atoms with Crippen molar-refractivity contribution in [1.82, 2.24) is 10.2 Å². The van der Waals surface area contributed by atoms with Crippen molar-refractivity contribution in [3.63, 3.8) is 0 Å². The lowest BCUT2D eigenvalue weighted by Crippen LogP contribution is -2.52. The fraction of sp³-hybridized carbons (Fsp3) is 0.355. The molecule has 7 nitrogen and oxygen atoms in total. The number of carbonyl (C=O) groups excluding carboxylic acids is 2. The van der Waals surface area contributed by atoms with Gasteiger partial charge in [-0.25, -0.2) is 0 Å². The average molecular weight is 519 g/mol. The molecule has 3 aromatic rings. The SMILES string of the molecule is CCCCNC(=O)C(Cc1ccccc1)N(Cc1ccccc1C)C(=O)COc1cc(OC)cc(OC)c1. The summed E-state index contributed by atoms with van der Waals surface area (Å²) in [4.78, 5) is 28.9. The Morgan fingerprint density at radius 1 is 0.895 bits per heavy atom. The van der Waals surface area contributed by atoms with E-state index in [9.17, 15) is 9.59 Å². The van der Waals surface area contributed by atoms with Crippen molar-refractivity contribution in [3.05, 3.63) is 89.5 Å². The molecule has 0 aliphatic heterocycles. The Bertz CT molecular complexity index is 1160. The summed E-state index contributed by atoms with van der Waals surface area (Å²) in [5.74, 6) is 1.09. The molecule has 3 rings (SSSR count). The minimum Gasteiger partial charge on any atom is -0.496 e. The molecule has 0 heterocycles. The van der Waals surface area contributed by atoms with E-state index in [1.807, 2.05) is 61.5 Å². The predicted octanol–water partition coefficient (Wildman–Crippen LogP) is 4.95. The maximum atomic E-state index is 13.8. The van der Waals surface area contributed by atoms with E-state index in [0.29, 0.717) is 30.2 Å². The van der Waals surface area contributed by atoms with Crippen LogP contribution in [0.5, 0.6) is 17.2 Å². The van der Waals surface area contributed by atoms with Gasteiger partial charge < -0.3 is 24.4 Å². The summed E-state index contributed by atoms with van der Waals surface area (Å²) in [7, 11) is 3.11. The van der Waals surface area contributed by atoms with Gasteiger partial charge in [0.05, 0.1) is 14.2 Å². The molecule has 0 saturated heterocycles. The van der Waals surface area contributed by atoms with E-state index in [1.165, 1.54) is 0 Å². The predicted molar refractivity (Wildman–Crippen MR) is 149 cm³/mol. The fourth-order valence-electron chi connectivity index (χ4n) is 4.12. The van der Waals surface area contributed by atoms with Gasteiger partial charge >= 0.3 is 0 Å². The lowest BCUT2D eigenvalue weighted by Gasteiger charge is -2.32. The van der Waals surface area contributed by atoms with Crippen LogP contribution in [0, 0.1) is 6.92 Å². The van der Waals surface area contributed by atoms with Crippen LogP contribution in [0.3, 0.4) is 0 Å². The zero-order valence-electron chi connectivity index (χ0n) is 22.7. The van der Waals surface area contributed by atoms with Crippen molar-refractivity contribution in [1.29, 1.82) is 0 Å². The van der Waals surface area contributed by atoms with Crippen LogP contribution >= 0.6 is 0 Å². The Morgan fingerprint density at radius 3 is 2.16 bits per heavy atom. The second kappa shape index (κ2) is 14.7. The Kier molecular flexibility index (Phi) is 11.0. The minimum absolute atomic E-state index is 0.174. The molecule has 0 aliphatic carbocycles. The molecular formula is C31H38N2O5. The van der Waals surface area contributed by atoms with E-state index in [2.05, 4.69) is 12.2 Å². The summed E-state index contributed by atoms with van der Waals surface area (Å²) in [6, 6.07) is 22.1. The summed E-state index contributed by atoms with van der Waals surface area (Å²) in [6.07, 6.45) is 2.23. The van der Waals surface area contributed by atoms with Gasteiger partial charge in [-0.3, -0.25) is 9.59 Å². The number of unbranched alkanes of at least 4 members (excludes halogenated alkanes) is 1. The van der Waals surface area contributed by atoms with Crippen LogP contribution in [0.15, 0.2) is 72.8 Å². The molecule has 0 aliphatic rings. The van der Waals surface area contributed by atoms with Crippen LogP contribution in [0.25, 0.3) is 0 Å². The fourth-order valence-corrected chi connectivity index (χ4v) is 4.12. The largest absolute Gasteiger partial charge is 0.496 e. The van der Waals surface area contributed by atoms with Crippen molar-refractivity contribution >= 4 is 11.8 Å². The maximum absolute atomic E-state index is 13.8. The molecule has 1 unspecified atom stereocenters. The van der Waals surface area contributed by atoms with Gasteiger partial charge in [0, 0.05) is 37.7 Å². The number of amides is 2. The molecule has 0 radical (unpaired) electrons. The molecule has 202 valence electrons. The molecule has 0 saturated carbocycles. The first-order chi connectivity index (χ1) is 18.4. The van der Waals surface area contributed by atoms with Crippen molar-refractivity contribution in [2.24, 2.45) is 0 Å². The molecule has 0 fully saturated rings. The summed E-state index contributed by atoms with van der Waals surface area (Å²) < 4.78 is 16.5. The molecule has 0 bridgehead atoms. The molecule has 0 spiro atoms. The van der Waals surface area contributed by atoms with Crippen molar-refractivity contribution in [2.45, 2.75) is 45.7 Å². The van der Waals surface area contributed by atoms with Crippen LogP contribution in [0.1, 0.15) is 36.5 Å².